The van der Waals surface area contributed by atoms with E-state index in [1.807, 2.05) is 13.0 Å². The predicted molar refractivity (Wildman–Crippen MR) is 34.4 cm³/mol. The highest BCUT2D eigenvalue weighted by molar-refractivity contribution is 5.20. The summed E-state index contributed by atoms with van der Waals surface area (Å²) in [5.41, 5.74) is 1.09. The van der Waals surface area contributed by atoms with Crippen molar-refractivity contribution in [3.05, 3.63) is 24.0 Å². The maximum atomic E-state index is 4.88. The van der Waals surface area contributed by atoms with Gasteiger partial charge in [0.2, 0.25) is 0 Å². The second-order valence-corrected chi connectivity index (χ2v) is 1.83. The van der Waals surface area contributed by atoms with Crippen LogP contribution in [0.25, 0.3) is 0 Å². The first-order valence-corrected chi connectivity index (χ1v) is 2.71. The molecule has 0 unspecified atom stereocenters. The third-order valence-electron chi connectivity index (χ3n) is 1.02. The number of rotatable bonds is 1. The molecule has 0 atom stereocenters. The summed E-state index contributed by atoms with van der Waals surface area (Å²) in [5, 5.41) is 0. The smallest absolute Gasteiger partial charge is 0.147 e. The Balaban J connectivity index is 2.94. The minimum absolute atomic E-state index is 0.690. The van der Waals surface area contributed by atoms with Crippen LogP contribution in [0.4, 0.5) is 0 Å². The summed E-state index contributed by atoms with van der Waals surface area (Å²) in [6.45, 7) is 1.96. The average Bonchev–Trinajstić information content (AvgIpc) is 1.88. The molecule has 2 nitrogen and oxygen atoms in total. The van der Waals surface area contributed by atoms with Gasteiger partial charge in [0.05, 0.1) is 7.11 Å². The molecule has 0 aromatic carbocycles. The van der Waals surface area contributed by atoms with E-state index in [0.717, 1.165) is 5.56 Å². The summed E-state index contributed by atoms with van der Waals surface area (Å²) >= 11 is 0. The average molecular weight is 122 g/mol. The zero-order valence-corrected chi connectivity index (χ0v) is 5.51. The molecular formula is C7H8NO. The molecule has 0 fully saturated rings. The molecule has 0 saturated heterocycles. The van der Waals surface area contributed by atoms with E-state index in [-0.39, 0.29) is 0 Å². The minimum Gasteiger partial charge on any atom is -0.494 e. The zero-order valence-electron chi connectivity index (χ0n) is 5.51. The topological polar surface area (TPSA) is 22.1 Å². The zero-order chi connectivity index (χ0) is 6.69. The standard InChI is InChI=1S/C7H8NO/c1-6-3-7(9-2)5-8-4-6/h3-4H,1-2H3. The van der Waals surface area contributed by atoms with Gasteiger partial charge >= 0.3 is 0 Å². The van der Waals surface area contributed by atoms with Crippen LogP contribution in [0.2, 0.25) is 0 Å². The number of pyridine rings is 1. The number of methoxy groups -OCH3 is 1. The molecule has 1 heterocycles. The fourth-order valence-electron chi connectivity index (χ4n) is 0.579. The molecule has 2 heteroatoms. The Bertz CT molecular complexity index is 198. The van der Waals surface area contributed by atoms with Gasteiger partial charge in [0.25, 0.3) is 0 Å². The van der Waals surface area contributed by atoms with Gasteiger partial charge in [0.1, 0.15) is 11.9 Å². The van der Waals surface area contributed by atoms with Gasteiger partial charge in [0, 0.05) is 6.20 Å². The number of hydrogen-bond acceptors (Lipinski definition) is 2. The second-order valence-electron chi connectivity index (χ2n) is 1.83. The van der Waals surface area contributed by atoms with Crippen LogP contribution in [0, 0.1) is 13.1 Å². The summed E-state index contributed by atoms with van der Waals surface area (Å²) in [5.74, 6) is 0.690. The van der Waals surface area contributed by atoms with Crippen molar-refractivity contribution in [1.82, 2.24) is 4.98 Å². The van der Waals surface area contributed by atoms with Crippen LogP contribution in [0.15, 0.2) is 12.3 Å². The van der Waals surface area contributed by atoms with Crippen molar-refractivity contribution in [3.8, 4) is 5.75 Å². The summed E-state index contributed by atoms with van der Waals surface area (Å²) in [7, 11) is 1.60. The normalized spacial score (nSPS) is 9.11. The lowest BCUT2D eigenvalue weighted by Gasteiger charge is -1.96. The molecule has 1 aromatic heterocycles. The number of nitrogens with zero attached hydrogens (tertiary/aromatic N) is 1. The van der Waals surface area contributed by atoms with Gasteiger partial charge < -0.3 is 4.74 Å². The lowest BCUT2D eigenvalue weighted by Crippen LogP contribution is -1.84. The Morgan fingerprint density at radius 3 is 2.89 bits per heavy atom. The van der Waals surface area contributed by atoms with Crippen LogP contribution in [-0.4, -0.2) is 12.1 Å². The van der Waals surface area contributed by atoms with E-state index in [1.165, 1.54) is 0 Å². The van der Waals surface area contributed by atoms with Crippen molar-refractivity contribution in [1.29, 1.82) is 0 Å². The predicted octanol–water partition coefficient (Wildman–Crippen LogP) is 1.20. The highest BCUT2D eigenvalue weighted by Crippen LogP contribution is 2.07. The van der Waals surface area contributed by atoms with Gasteiger partial charge in [-0.15, -0.1) is 0 Å². The molecule has 0 bridgehead atoms. The van der Waals surface area contributed by atoms with E-state index in [2.05, 4.69) is 11.2 Å². The Hall–Kier alpha value is -1.05. The molecular weight excluding hydrogens is 114 g/mol. The SMILES string of the molecule is COc1[c]ncc(C)c1. The molecule has 1 aromatic rings. The van der Waals surface area contributed by atoms with Gasteiger partial charge in [-0.3, -0.25) is 4.98 Å². The van der Waals surface area contributed by atoms with Crippen LogP contribution in [0.5, 0.6) is 5.75 Å². The molecule has 1 radical (unpaired) electrons. The van der Waals surface area contributed by atoms with Crippen LogP contribution in [0.3, 0.4) is 0 Å². The van der Waals surface area contributed by atoms with Crippen LogP contribution in [-0.2, 0) is 0 Å². The molecule has 0 aliphatic rings. The van der Waals surface area contributed by atoms with E-state index in [4.69, 9.17) is 4.74 Å². The lowest BCUT2D eigenvalue weighted by atomic mass is 10.3. The monoisotopic (exact) mass is 122 g/mol. The van der Waals surface area contributed by atoms with Gasteiger partial charge in [-0.05, 0) is 18.6 Å². The highest BCUT2D eigenvalue weighted by Gasteiger charge is 1.89. The first kappa shape index (κ1) is 6.08. The number of aromatic nitrogens is 1. The van der Waals surface area contributed by atoms with Gasteiger partial charge in [-0.1, -0.05) is 0 Å². The van der Waals surface area contributed by atoms with Crippen molar-refractivity contribution < 1.29 is 4.74 Å². The molecule has 0 amide bonds. The summed E-state index contributed by atoms with van der Waals surface area (Å²) in [6.07, 6.45) is 4.43. The molecule has 0 aliphatic heterocycles. The van der Waals surface area contributed by atoms with Crippen molar-refractivity contribution in [3.63, 3.8) is 0 Å². The molecule has 9 heavy (non-hydrogen) atoms. The quantitative estimate of drug-likeness (QED) is 0.558. The van der Waals surface area contributed by atoms with Gasteiger partial charge in [-0.2, -0.15) is 0 Å². The fraction of sp³-hybridized carbons (Fsp3) is 0.286. The van der Waals surface area contributed by atoms with Gasteiger partial charge in [-0.25, -0.2) is 0 Å². The van der Waals surface area contributed by atoms with Crippen molar-refractivity contribution >= 4 is 0 Å². The Labute approximate surface area is 54.5 Å². The van der Waals surface area contributed by atoms with Crippen molar-refractivity contribution in [2.24, 2.45) is 0 Å². The molecule has 47 valence electrons. The van der Waals surface area contributed by atoms with E-state index < -0.39 is 0 Å². The number of aryl methyl sites for hydroxylation is 1. The summed E-state index contributed by atoms with van der Waals surface area (Å²) in [4.78, 5) is 3.81. The number of hydrogen-bond donors (Lipinski definition) is 0. The summed E-state index contributed by atoms with van der Waals surface area (Å²) < 4.78 is 4.88. The van der Waals surface area contributed by atoms with E-state index >= 15 is 0 Å². The molecule has 1 rings (SSSR count). The molecule has 0 saturated carbocycles. The van der Waals surface area contributed by atoms with Crippen LogP contribution >= 0.6 is 0 Å². The van der Waals surface area contributed by atoms with Crippen LogP contribution in [0.1, 0.15) is 5.56 Å². The minimum atomic E-state index is 0.690. The van der Waals surface area contributed by atoms with Crippen molar-refractivity contribution in [2.45, 2.75) is 6.92 Å². The second kappa shape index (κ2) is 2.49. The third-order valence-corrected chi connectivity index (χ3v) is 1.02. The van der Waals surface area contributed by atoms with E-state index in [9.17, 15) is 0 Å². The molecule has 0 N–H and O–H groups in total. The lowest BCUT2D eigenvalue weighted by molar-refractivity contribution is 0.411. The number of ether oxygens (including phenoxy) is 1. The fourth-order valence-corrected chi connectivity index (χ4v) is 0.579. The summed E-state index contributed by atoms with van der Waals surface area (Å²) in [6, 6.07) is 1.88. The highest BCUT2D eigenvalue weighted by atomic mass is 16.5. The maximum Gasteiger partial charge on any atom is 0.147 e. The first-order valence-electron chi connectivity index (χ1n) is 2.71. The van der Waals surface area contributed by atoms with E-state index in [0.29, 0.717) is 5.75 Å². The van der Waals surface area contributed by atoms with Gasteiger partial charge in [0.15, 0.2) is 0 Å². The molecule has 0 aliphatic carbocycles. The molecule has 0 spiro atoms. The third kappa shape index (κ3) is 1.42. The Kier molecular flexibility index (Phi) is 1.68. The Morgan fingerprint density at radius 2 is 2.44 bits per heavy atom. The first-order chi connectivity index (χ1) is 4.33. The largest absolute Gasteiger partial charge is 0.494 e. The van der Waals surface area contributed by atoms with Crippen LogP contribution < -0.4 is 4.74 Å². The van der Waals surface area contributed by atoms with E-state index in [1.54, 1.807) is 13.3 Å². The van der Waals surface area contributed by atoms with Crippen molar-refractivity contribution in [2.75, 3.05) is 7.11 Å². The Morgan fingerprint density at radius 1 is 1.67 bits per heavy atom. The maximum absolute atomic E-state index is 4.88.